The number of rotatable bonds is 0. The predicted octanol–water partition coefficient (Wildman–Crippen LogP) is 1.44. The molecule has 5 fully saturated rings. The van der Waals surface area contributed by atoms with Crippen molar-refractivity contribution in [1.82, 2.24) is 26.0 Å². The highest BCUT2D eigenvalue weighted by atomic mass is 19.1. The molecule has 7 unspecified atom stereocenters. The van der Waals surface area contributed by atoms with Crippen LogP contribution in [0.5, 0.6) is 0 Å². The Kier molecular flexibility index (Phi) is 5.43. The lowest BCUT2D eigenvalue weighted by Crippen LogP contribution is -2.65. The van der Waals surface area contributed by atoms with Crippen molar-refractivity contribution in [2.45, 2.75) is 89.1 Å². The summed E-state index contributed by atoms with van der Waals surface area (Å²) in [5, 5.41) is 10.1. The Morgan fingerprint density at radius 2 is 2.00 bits per heavy atom. The summed E-state index contributed by atoms with van der Waals surface area (Å²) in [6.45, 7) is 9.43. The second-order valence-corrected chi connectivity index (χ2v) is 10.5. The van der Waals surface area contributed by atoms with Gasteiger partial charge in [0.05, 0.1) is 31.1 Å². The van der Waals surface area contributed by atoms with Crippen LogP contribution in [0.1, 0.15) is 52.4 Å². The summed E-state index contributed by atoms with van der Waals surface area (Å²) in [6.07, 6.45) is 6.03. The van der Waals surface area contributed by atoms with E-state index in [0.29, 0.717) is 43.2 Å². The van der Waals surface area contributed by atoms with Crippen molar-refractivity contribution in [2.75, 3.05) is 32.8 Å². The zero-order chi connectivity index (χ0) is 19.3. The molecule has 4 aliphatic heterocycles. The average Bonchev–Trinajstić information content (AvgIpc) is 3.31. The SMILES string of the molecule is CC1(C)CNC2CNN3CCC(NC23)N2CCCC2C2CC(F)CCC2OC1. The molecule has 0 spiro atoms. The number of ether oxygens (including phenoxy) is 1. The van der Waals surface area contributed by atoms with Crippen LogP contribution in [-0.2, 0) is 4.74 Å². The molecule has 4 heterocycles. The van der Waals surface area contributed by atoms with Gasteiger partial charge in [0.15, 0.2) is 0 Å². The number of hydrazine groups is 1. The lowest BCUT2D eigenvalue weighted by molar-refractivity contribution is -0.0827. The number of hydrogen-bond acceptors (Lipinski definition) is 6. The van der Waals surface area contributed by atoms with Crippen LogP contribution in [0.15, 0.2) is 0 Å². The van der Waals surface area contributed by atoms with E-state index in [1.165, 1.54) is 12.8 Å². The molecule has 28 heavy (non-hydrogen) atoms. The maximum atomic E-state index is 14.4. The maximum absolute atomic E-state index is 14.4. The molecule has 0 aromatic heterocycles. The third kappa shape index (κ3) is 3.74. The minimum Gasteiger partial charge on any atom is -0.377 e. The van der Waals surface area contributed by atoms with Crippen molar-refractivity contribution in [3.05, 3.63) is 0 Å². The van der Waals surface area contributed by atoms with Gasteiger partial charge in [-0.15, -0.1) is 0 Å². The van der Waals surface area contributed by atoms with Gasteiger partial charge in [0.1, 0.15) is 6.17 Å². The molecule has 7 heteroatoms. The van der Waals surface area contributed by atoms with Crippen molar-refractivity contribution in [3.63, 3.8) is 0 Å². The molecule has 5 aliphatic rings. The van der Waals surface area contributed by atoms with E-state index in [9.17, 15) is 4.39 Å². The average molecular weight is 396 g/mol. The van der Waals surface area contributed by atoms with Gasteiger partial charge in [-0.3, -0.25) is 15.6 Å². The minimum absolute atomic E-state index is 0.0714. The Morgan fingerprint density at radius 1 is 1.11 bits per heavy atom. The molecular weight excluding hydrogens is 357 g/mol. The van der Waals surface area contributed by atoms with Crippen LogP contribution in [0.4, 0.5) is 4.39 Å². The van der Waals surface area contributed by atoms with E-state index in [-0.39, 0.29) is 11.5 Å². The third-order valence-electron chi connectivity index (χ3n) is 7.78. The highest BCUT2D eigenvalue weighted by molar-refractivity contribution is 5.00. The predicted molar refractivity (Wildman–Crippen MR) is 107 cm³/mol. The van der Waals surface area contributed by atoms with Crippen molar-refractivity contribution in [1.29, 1.82) is 0 Å². The number of nitrogens with one attached hydrogen (secondary N) is 3. The lowest BCUT2D eigenvalue weighted by Gasteiger charge is -2.46. The van der Waals surface area contributed by atoms with E-state index in [2.05, 4.69) is 39.8 Å². The zero-order valence-electron chi connectivity index (χ0n) is 17.5. The van der Waals surface area contributed by atoms with E-state index in [0.717, 1.165) is 45.6 Å². The minimum atomic E-state index is -0.657. The molecule has 2 bridgehead atoms. The van der Waals surface area contributed by atoms with Crippen LogP contribution in [0, 0.1) is 11.3 Å². The van der Waals surface area contributed by atoms with Gasteiger partial charge >= 0.3 is 0 Å². The fourth-order valence-electron chi connectivity index (χ4n) is 6.24. The van der Waals surface area contributed by atoms with Crippen molar-refractivity contribution < 1.29 is 9.13 Å². The monoisotopic (exact) mass is 395 g/mol. The fourth-order valence-corrected chi connectivity index (χ4v) is 6.24. The van der Waals surface area contributed by atoms with E-state index in [1.807, 2.05) is 0 Å². The van der Waals surface area contributed by atoms with Crippen molar-refractivity contribution in [3.8, 4) is 0 Å². The van der Waals surface area contributed by atoms with E-state index >= 15 is 0 Å². The normalized spacial score (nSPS) is 47.5. The van der Waals surface area contributed by atoms with Gasteiger partial charge in [-0.1, -0.05) is 13.8 Å². The van der Waals surface area contributed by atoms with Crippen molar-refractivity contribution >= 4 is 0 Å². The standard InChI is InChI=1S/C21H38FN5O/c1-21(2)12-23-16-11-24-27-9-7-19(25-20(16)27)26-8-3-4-17(26)15-10-14(22)5-6-18(15)28-13-21/h14-20,23-25H,3-13H2,1-2H3. The summed E-state index contributed by atoms with van der Waals surface area (Å²) in [6, 6.07) is 0.860. The van der Waals surface area contributed by atoms with E-state index < -0.39 is 6.17 Å². The van der Waals surface area contributed by atoms with Gasteiger partial charge in [-0.25, -0.2) is 9.40 Å². The van der Waals surface area contributed by atoms with Gasteiger partial charge in [0.2, 0.25) is 0 Å². The molecule has 0 radical (unpaired) electrons. The van der Waals surface area contributed by atoms with Crippen molar-refractivity contribution in [2.24, 2.45) is 11.3 Å². The summed E-state index contributed by atoms with van der Waals surface area (Å²) in [7, 11) is 0. The van der Waals surface area contributed by atoms with Gasteiger partial charge < -0.3 is 10.1 Å². The van der Waals surface area contributed by atoms with Crippen LogP contribution in [0.25, 0.3) is 0 Å². The van der Waals surface area contributed by atoms with E-state index in [4.69, 9.17) is 4.74 Å². The maximum Gasteiger partial charge on any atom is 0.101 e. The molecule has 4 saturated heterocycles. The third-order valence-corrected chi connectivity index (χ3v) is 7.78. The smallest absolute Gasteiger partial charge is 0.101 e. The summed E-state index contributed by atoms with van der Waals surface area (Å²) in [4.78, 5) is 2.68. The Labute approximate surface area is 168 Å². The molecule has 0 aromatic carbocycles. The molecule has 0 aromatic rings. The molecule has 5 rings (SSSR count). The number of halogens is 1. The van der Waals surface area contributed by atoms with Gasteiger partial charge in [-0.05, 0) is 45.1 Å². The summed E-state index contributed by atoms with van der Waals surface area (Å²) in [5.74, 6) is 0.327. The molecule has 1 saturated carbocycles. The molecule has 3 N–H and O–H groups in total. The quantitative estimate of drug-likeness (QED) is 0.577. The lowest BCUT2D eigenvalue weighted by atomic mass is 9.79. The molecular formula is C21H38FN5O. The van der Waals surface area contributed by atoms with Crippen LogP contribution >= 0.6 is 0 Å². The van der Waals surface area contributed by atoms with Crippen LogP contribution in [-0.4, -0.2) is 79.4 Å². The van der Waals surface area contributed by atoms with E-state index in [1.54, 1.807) is 0 Å². The number of hydrogen-bond donors (Lipinski definition) is 3. The Morgan fingerprint density at radius 3 is 2.89 bits per heavy atom. The molecule has 7 atom stereocenters. The highest BCUT2D eigenvalue weighted by Gasteiger charge is 2.47. The second kappa shape index (κ2) is 7.75. The topological polar surface area (TPSA) is 51.8 Å². The summed E-state index contributed by atoms with van der Waals surface area (Å²) in [5.41, 5.74) is 3.64. The van der Waals surface area contributed by atoms with Gasteiger partial charge in [-0.2, -0.15) is 0 Å². The molecule has 160 valence electrons. The van der Waals surface area contributed by atoms with Crippen LogP contribution in [0.2, 0.25) is 0 Å². The Balaban J connectivity index is 1.43. The Hall–Kier alpha value is -0.310. The molecule has 1 aliphatic carbocycles. The van der Waals surface area contributed by atoms with Gasteiger partial charge in [0, 0.05) is 37.0 Å². The summed E-state index contributed by atoms with van der Waals surface area (Å²) >= 11 is 0. The number of fused-ring (bicyclic) bond motifs is 5. The fraction of sp³-hybridized carbons (Fsp3) is 1.00. The number of nitrogens with zero attached hydrogens (tertiary/aromatic N) is 2. The Bertz CT molecular complexity index is 563. The van der Waals surface area contributed by atoms with Gasteiger partial charge in [0.25, 0.3) is 0 Å². The second-order valence-electron chi connectivity index (χ2n) is 10.5. The highest BCUT2D eigenvalue weighted by Crippen LogP contribution is 2.39. The molecule has 6 nitrogen and oxygen atoms in total. The first-order chi connectivity index (χ1) is 13.5. The first-order valence-electron chi connectivity index (χ1n) is 11.5. The van der Waals surface area contributed by atoms with Crippen LogP contribution < -0.4 is 16.1 Å². The summed E-state index contributed by atoms with van der Waals surface area (Å²) < 4.78 is 21.0. The first kappa shape index (κ1) is 19.6. The number of alkyl halides is 1. The largest absolute Gasteiger partial charge is 0.377 e. The zero-order valence-corrected chi connectivity index (χ0v) is 17.5. The van der Waals surface area contributed by atoms with Crippen LogP contribution in [0.3, 0.4) is 0 Å². The molecule has 0 amide bonds. The first-order valence-corrected chi connectivity index (χ1v) is 11.5.